The molecule has 1 nitrogen and oxygen atoms in total. The Kier molecular flexibility index (Phi) is 4.41. The molecular formula is C13H19N. The van der Waals surface area contributed by atoms with E-state index in [-0.39, 0.29) is 0 Å². The van der Waals surface area contributed by atoms with Crippen LogP contribution in [0.25, 0.3) is 5.57 Å². The van der Waals surface area contributed by atoms with Crippen molar-refractivity contribution in [2.24, 2.45) is 5.73 Å². The molecule has 0 atom stereocenters. The van der Waals surface area contributed by atoms with Crippen molar-refractivity contribution in [3.05, 3.63) is 42.0 Å². The highest BCUT2D eigenvalue weighted by Crippen LogP contribution is 2.28. The monoisotopic (exact) mass is 189 g/mol. The first-order valence-electron chi connectivity index (χ1n) is 5.25. The first-order chi connectivity index (χ1) is 6.79. The standard InChI is InChI=1S/C11H12.C2H7N/c1-9-5-4-7-10-6-2-3-8-11(9)10;1-2-3/h2-3,6,8H,1,4-5,7H2;2-3H2,1H3. The van der Waals surface area contributed by atoms with Gasteiger partial charge in [-0.05, 0) is 42.5 Å². The second-order valence-corrected chi connectivity index (χ2v) is 3.52. The summed E-state index contributed by atoms with van der Waals surface area (Å²) in [5, 5.41) is 0. The number of allylic oxidation sites excluding steroid dienone is 1. The summed E-state index contributed by atoms with van der Waals surface area (Å²) in [5.41, 5.74) is 9.02. The maximum Gasteiger partial charge on any atom is -0.0106 e. The van der Waals surface area contributed by atoms with Crippen LogP contribution in [0.1, 0.15) is 30.9 Å². The van der Waals surface area contributed by atoms with Gasteiger partial charge in [-0.15, -0.1) is 0 Å². The molecular weight excluding hydrogens is 170 g/mol. The highest BCUT2D eigenvalue weighted by Gasteiger charge is 2.10. The van der Waals surface area contributed by atoms with E-state index in [1.54, 1.807) is 0 Å². The molecule has 0 saturated carbocycles. The molecule has 2 rings (SSSR count). The van der Waals surface area contributed by atoms with Gasteiger partial charge in [0.05, 0.1) is 0 Å². The molecule has 1 heteroatoms. The first-order valence-corrected chi connectivity index (χ1v) is 5.25. The van der Waals surface area contributed by atoms with E-state index in [9.17, 15) is 0 Å². The third-order valence-electron chi connectivity index (χ3n) is 2.32. The molecule has 0 heterocycles. The molecule has 1 aliphatic carbocycles. The molecule has 0 aromatic heterocycles. The van der Waals surface area contributed by atoms with E-state index in [1.807, 2.05) is 6.92 Å². The smallest absolute Gasteiger partial charge is 0.0106 e. The van der Waals surface area contributed by atoms with Gasteiger partial charge in [0.25, 0.3) is 0 Å². The Hall–Kier alpha value is -1.08. The quantitative estimate of drug-likeness (QED) is 0.667. The van der Waals surface area contributed by atoms with Gasteiger partial charge in [0.1, 0.15) is 0 Å². The van der Waals surface area contributed by atoms with E-state index in [0.29, 0.717) is 0 Å². The van der Waals surface area contributed by atoms with E-state index in [2.05, 4.69) is 30.8 Å². The van der Waals surface area contributed by atoms with Crippen LogP contribution < -0.4 is 5.73 Å². The zero-order valence-electron chi connectivity index (χ0n) is 8.92. The number of benzene rings is 1. The highest BCUT2D eigenvalue weighted by molar-refractivity contribution is 5.67. The number of rotatable bonds is 0. The molecule has 2 N–H and O–H groups in total. The molecule has 0 saturated heterocycles. The van der Waals surface area contributed by atoms with Crippen molar-refractivity contribution in [3.8, 4) is 0 Å². The van der Waals surface area contributed by atoms with Gasteiger partial charge in [-0.2, -0.15) is 0 Å². The first kappa shape index (κ1) is 11.0. The fraction of sp³-hybridized carbons (Fsp3) is 0.385. The van der Waals surface area contributed by atoms with Crippen molar-refractivity contribution in [2.45, 2.75) is 26.2 Å². The minimum Gasteiger partial charge on any atom is -0.331 e. The molecule has 76 valence electrons. The van der Waals surface area contributed by atoms with Crippen LogP contribution in [-0.4, -0.2) is 6.54 Å². The van der Waals surface area contributed by atoms with E-state index >= 15 is 0 Å². The Bertz CT molecular complexity index is 302. The third kappa shape index (κ3) is 2.71. The van der Waals surface area contributed by atoms with Crippen LogP contribution >= 0.6 is 0 Å². The Morgan fingerprint density at radius 1 is 1.29 bits per heavy atom. The Morgan fingerprint density at radius 2 is 1.93 bits per heavy atom. The van der Waals surface area contributed by atoms with Gasteiger partial charge in [-0.1, -0.05) is 37.8 Å². The van der Waals surface area contributed by atoms with Crippen molar-refractivity contribution in [3.63, 3.8) is 0 Å². The lowest BCUT2D eigenvalue weighted by Crippen LogP contribution is -1.99. The summed E-state index contributed by atoms with van der Waals surface area (Å²) in [4.78, 5) is 0. The van der Waals surface area contributed by atoms with Crippen molar-refractivity contribution >= 4 is 5.57 Å². The lowest BCUT2D eigenvalue weighted by Gasteiger charge is -2.16. The van der Waals surface area contributed by atoms with Gasteiger partial charge in [0.2, 0.25) is 0 Å². The summed E-state index contributed by atoms with van der Waals surface area (Å²) in [5.74, 6) is 0. The van der Waals surface area contributed by atoms with Crippen LogP contribution in [0.5, 0.6) is 0 Å². The number of hydrogen-bond acceptors (Lipinski definition) is 1. The summed E-state index contributed by atoms with van der Waals surface area (Å²) in [7, 11) is 0. The molecule has 0 unspecified atom stereocenters. The van der Waals surface area contributed by atoms with Crippen LogP contribution in [0.3, 0.4) is 0 Å². The third-order valence-corrected chi connectivity index (χ3v) is 2.32. The molecule has 0 amide bonds. The maximum absolute atomic E-state index is 4.85. The fourth-order valence-corrected chi connectivity index (χ4v) is 1.71. The summed E-state index contributed by atoms with van der Waals surface area (Å²) in [6, 6.07) is 8.59. The largest absolute Gasteiger partial charge is 0.331 e. The maximum atomic E-state index is 4.85. The van der Waals surface area contributed by atoms with Crippen molar-refractivity contribution < 1.29 is 0 Å². The van der Waals surface area contributed by atoms with Crippen LogP contribution in [0.2, 0.25) is 0 Å². The van der Waals surface area contributed by atoms with Crippen LogP contribution in [0.15, 0.2) is 30.8 Å². The molecule has 14 heavy (non-hydrogen) atoms. The van der Waals surface area contributed by atoms with Crippen LogP contribution in [-0.2, 0) is 6.42 Å². The fourth-order valence-electron chi connectivity index (χ4n) is 1.71. The van der Waals surface area contributed by atoms with Crippen molar-refractivity contribution in [1.29, 1.82) is 0 Å². The van der Waals surface area contributed by atoms with Gasteiger partial charge in [-0.3, -0.25) is 0 Å². The van der Waals surface area contributed by atoms with Gasteiger partial charge >= 0.3 is 0 Å². The van der Waals surface area contributed by atoms with E-state index < -0.39 is 0 Å². The SMILES string of the molecule is C=C1CCCc2ccccc21.CCN. The summed E-state index contributed by atoms with van der Waals surface area (Å²) in [6.45, 7) is 6.71. The minimum absolute atomic E-state index is 0.750. The molecule has 1 aromatic rings. The average Bonchev–Trinajstić information content (AvgIpc) is 2.20. The van der Waals surface area contributed by atoms with Gasteiger partial charge < -0.3 is 5.73 Å². The zero-order valence-corrected chi connectivity index (χ0v) is 8.92. The predicted octanol–water partition coefficient (Wildman–Crippen LogP) is 3.00. The summed E-state index contributed by atoms with van der Waals surface area (Å²) >= 11 is 0. The number of hydrogen-bond donors (Lipinski definition) is 1. The van der Waals surface area contributed by atoms with E-state index in [0.717, 1.165) is 6.54 Å². The molecule has 1 aliphatic rings. The van der Waals surface area contributed by atoms with Gasteiger partial charge in [-0.25, -0.2) is 0 Å². The van der Waals surface area contributed by atoms with E-state index in [4.69, 9.17) is 5.73 Å². The second kappa shape index (κ2) is 5.61. The number of aryl methyl sites for hydroxylation is 1. The van der Waals surface area contributed by atoms with Crippen molar-refractivity contribution in [2.75, 3.05) is 6.54 Å². The summed E-state index contributed by atoms with van der Waals surface area (Å²) < 4.78 is 0. The predicted molar refractivity (Wildman–Crippen MR) is 63.1 cm³/mol. The molecule has 0 fully saturated rings. The minimum atomic E-state index is 0.750. The lowest BCUT2D eigenvalue weighted by atomic mass is 9.88. The molecule has 0 bridgehead atoms. The Labute approximate surface area is 86.6 Å². The van der Waals surface area contributed by atoms with Crippen LogP contribution in [0, 0.1) is 0 Å². The van der Waals surface area contributed by atoms with Gasteiger partial charge in [0, 0.05) is 0 Å². The van der Waals surface area contributed by atoms with Crippen LogP contribution in [0.4, 0.5) is 0 Å². The normalized spacial score (nSPS) is 14.0. The molecule has 0 radical (unpaired) electrons. The molecule has 1 aromatic carbocycles. The number of nitrogens with two attached hydrogens (primary N) is 1. The van der Waals surface area contributed by atoms with Gasteiger partial charge in [0.15, 0.2) is 0 Å². The lowest BCUT2D eigenvalue weighted by molar-refractivity contribution is 0.823. The van der Waals surface area contributed by atoms with Crippen molar-refractivity contribution in [1.82, 2.24) is 0 Å². The number of fused-ring (bicyclic) bond motifs is 1. The molecule has 0 aliphatic heterocycles. The summed E-state index contributed by atoms with van der Waals surface area (Å²) in [6.07, 6.45) is 3.68. The molecule has 0 spiro atoms. The highest BCUT2D eigenvalue weighted by atomic mass is 14.5. The topological polar surface area (TPSA) is 26.0 Å². The average molecular weight is 189 g/mol. The Balaban J connectivity index is 0.000000293. The zero-order chi connectivity index (χ0) is 10.4. The Morgan fingerprint density at radius 3 is 2.57 bits per heavy atom. The van der Waals surface area contributed by atoms with E-state index in [1.165, 1.54) is 36.0 Å². The second-order valence-electron chi connectivity index (χ2n) is 3.52.